The van der Waals surface area contributed by atoms with Gasteiger partial charge in [-0.1, -0.05) is 43.7 Å². The van der Waals surface area contributed by atoms with E-state index in [0.717, 1.165) is 36.1 Å². The summed E-state index contributed by atoms with van der Waals surface area (Å²) in [6.45, 7) is 3.91. The number of amides is 1. The molecular weight excluding hydrogens is 444 g/mol. The number of para-hydroxylation sites is 1. The first kappa shape index (κ1) is 24.5. The van der Waals surface area contributed by atoms with Crippen LogP contribution in [0.25, 0.3) is 11.0 Å². The number of carbonyl (C=O) groups excluding carboxylic acids is 2. The lowest BCUT2D eigenvalue weighted by atomic mass is 9.95. The summed E-state index contributed by atoms with van der Waals surface area (Å²) < 4.78 is 11.6. The number of ether oxygens (including phenoxy) is 1. The Morgan fingerprint density at radius 3 is 2.54 bits per heavy atom. The maximum absolute atomic E-state index is 13.6. The Hall–Kier alpha value is -3.58. The van der Waals surface area contributed by atoms with E-state index in [1.807, 2.05) is 61.5 Å². The van der Waals surface area contributed by atoms with Gasteiger partial charge in [0.05, 0.1) is 18.2 Å². The smallest absolute Gasteiger partial charge is 0.290 e. The molecule has 0 spiro atoms. The van der Waals surface area contributed by atoms with Crippen molar-refractivity contribution >= 4 is 22.7 Å². The number of Topliss-reactive ketones (excluding diaryl/α,β-unsaturated/α-hetero) is 1. The van der Waals surface area contributed by atoms with E-state index in [1.165, 1.54) is 0 Å². The summed E-state index contributed by atoms with van der Waals surface area (Å²) in [6, 6.07) is 15.6. The number of rotatable bonds is 11. The normalized spacial score (nSPS) is 16.1. The van der Waals surface area contributed by atoms with Gasteiger partial charge >= 0.3 is 0 Å². The molecule has 1 unspecified atom stereocenters. The minimum atomic E-state index is -0.713. The van der Waals surface area contributed by atoms with Crippen LogP contribution in [0.15, 0.2) is 70.3 Å². The van der Waals surface area contributed by atoms with Crippen LogP contribution in [0.4, 0.5) is 0 Å². The number of hydrogen-bond donors (Lipinski definition) is 1. The summed E-state index contributed by atoms with van der Waals surface area (Å²) in [7, 11) is 3.93. The third-order valence-corrected chi connectivity index (χ3v) is 6.16. The molecule has 1 aliphatic rings. The van der Waals surface area contributed by atoms with Gasteiger partial charge in [-0.3, -0.25) is 9.59 Å². The first-order chi connectivity index (χ1) is 16.9. The van der Waals surface area contributed by atoms with E-state index in [0.29, 0.717) is 25.2 Å². The topological polar surface area (TPSA) is 83.2 Å². The molecule has 0 aliphatic carbocycles. The summed E-state index contributed by atoms with van der Waals surface area (Å²) >= 11 is 0. The first-order valence-corrected chi connectivity index (χ1v) is 12.1. The van der Waals surface area contributed by atoms with Crippen LogP contribution in [0, 0.1) is 0 Å². The van der Waals surface area contributed by atoms with Gasteiger partial charge in [0.25, 0.3) is 5.91 Å². The molecule has 1 aliphatic heterocycles. The van der Waals surface area contributed by atoms with Crippen LogP contribution in [-0.4, -0.2) is 60.4 Å². The summed E-state index contributed by atoms with van der Waals surface area (Å²) in [5.41, 5.74) is 1.35. The minimum Gasteiger partial charge on any atom is -0.503 e. The van der Waals surface area contributed by atoms with Crippen molar-refractivity contribution in [1.82, 2.24) is 9.80 Å². The number of aliphatic hydroxyl groups excluding tert-OH is 1. The van der Waals surface area contributed by atoms with Crippen LogP contribution in [0.1, 0.15) is 48.3 Å². The molecule has 0 saturated carbocycles. The van der Waals surface area contributed by atoms with Crippen LogP contribution < -0.4 is 4.74 Å². The van der Waals surface area contributed by atoms with E-state index in [2.05, 4.69) is 6.92 Å². The molecule has 1 atom stereocenters. The van der Waals surface area contributed by atoms with E-state index < -0.39 is 23.5 Å². The zero-order valence-corrected chi connectivity index (χ0v) is 20.5. The van der Waals surface area contributed by atoms with Crippen LogP contribution in [0.3, 0.4) is 0 Å². The Labute approximate surface area is 205 Å². The van der Waals surface area contributed by atoms with Crippen molar-refractivity contribution in [2.24, 2.45) is 0 Å². The number of hydrogen-bond acceptors (Lipinski definition) is 6. The first-order valence-electron chi connectivity index (χ1n) is 12.1. The number of furan rings is 1. The van der Waals surface area contributed by atoms with E-state index in [-0.39, 0.29) is 11.3 Å². The fraction of sp³-hybridized carbons (Fsp3) is 0.357. The zero-order chi connectivity index (χ0) is 24.9. The number of nitrogens with zero attached hydrogens (tertiary/aromatic N) is 2. The number of ketones is 1. The molecule has 1 amide bonds. The van der Waals surface area contributed by atoms with Crippen molar-refractivity contribution in [3.8, 4) is 5.75 Å². The van der Waals surface area contributed by atoms with Gasteiger partial charge in [0.1, 0.15) is 11.3 Å². The van der Waals surface area contributed by atoms with E-state index in [4.69, 9.17) is 9.15 Å². The van der Waals surface area contributed by atoms with Crippen molar-refractivity contribution in [3.63, 3.8) is 0 Å². The average molecular weight is 477 g/mol. The molecule has 0 bridgehead atoms. The largest absolute Gasteiger partial charge is 0.503 e. The quantitative estimate of drug-likeness (QED) is 0.305. The van der Waals surface area contributed by atoms with Gasteiger partial charge in [-0.15, -0.1) is 0 Å². The van der Waals surface area contributed by atoms with Crippen molar-refractivity contribution in [3.05, 3.63) is 77.3 Å². The fourth-order valence-electron chi connectivity index (χ4n) is 4.33. The lowest BCUT2D eigenvalue weighted by Gasteiger charge is -2.27. The van der Waals surface area contributed by atoms with Gasteiger partial charge in [-0.2, -0.15) is 0 Å². The van der Waals surface area contributed by atoms with Crippen molar-refractivity contribution < 1.29 is 23.8 Å². The third-order valence-electron chi connectivity index (χ3n) is 6.16. The molecule has 0 fully saturated rings. The molecule has 1 N–H and O–H groups in total. The van der Waals surface area contributed by atoms with Crippen molar-refractivity contribution in [1.29, 1.82) is 0 Å². The van der Waals surface area contributed by atoms with Crippen molar-refractivity contribution in [2.45, 2.75) is 32.2 Å². The lowest BCUT2D eigenvalue weighted by molar-refractivity contribution is -0.129. The molecule has 4 rings (SSSR count). The highest BCUT2D eigenvalue weighted by Gasteiger charge is 2.44. The highest BCUT2D eigenvalue weighted by molar-refractivity contribution is 6.16. The Morgan fingerprint density at radius 2 is 1.86 bits per heavy atom. The summed E-state index contributed by atoms with van der Waals surface area (Å²) in [6.07, 6.45) is 2.71. The van der Waals surface area contributed by atoms with Gasteiger partial charge < -0.3 is 24.1 Å². The highest BCUT2D eigenvalue weighted by atomic mass is 16.5. The maximum atomic E-state index is 13.6. The minimum absolute atomic E-state index is 0.0403. The molecular formula is C28H32N2O5. The molecule has 7 heteroatoms. The van der Waals surface area contributed by atoms with Crippen LogP contribution in [0.2, 0.25) is 0 Å². The standard InChI is InChI=1S/C28H32N2O5/c1-4-5-17-34-21-13-11-19(12-14-21)25-24(27(32)28(33)30(25)16-8-15-29(2)3)26(31)23-18-20-9-6-7-10-22(20)35-23/h6-7,9-14,18,25,32H,4-5,8,15-17H2,1-3H3. The van der Waals surface area contributed by atoms with Crippen LogP contribution in [0.5, 0.6) is 5.75 Å². The highest BCUT2D eigenvalue weighted by Crippen LogP contribution is 2.40. The molecule has 184 valence electrons. The van der Waals surface area contributed by atoms with Gasteiger partial charge in [0, 0.05) is 11.9 Å². The molecule has 0 radical (unpaired) electrons. The van der Waals surface area contributed by atoms with E-state index in [9.17, 15) is 14.7 Å². The fourth-order valence-corrected chi connectivity index (χ4v) is 4.33. The third kappa shape index (κ3) is 5.25. The summed E-state index contributed by atoms with van der Waals surface area (Å²) in [5, 5.41) is 11.6. The second kappa shape index (κ2) is 10.8. The lowest BCUT2D eigenvalue weighted by Crippen LogP contribution is -2.33. The molecule has 2 heterocycles. The number of unbranched alkanes of at least 4 members (excludes halogenated alkanes) is 1. The summed E-state index contributed by atoms with van der Waals surface area (Å²) in [5.74, 6) is -0.732. The molecule has 3 aromatic rings. The predicted octanol–water partition coefficient (Wildman–Crippen LogP) is 5.14. The SMILES string of the molecule is CCCCOc1ccc(C2C(C(=O)c3cc4ccccc4o3)=C(O)C(=O)N2CCCN(C)C)cc1. The second-order valence-electron chi connectivity index (χ2n) is 9.07. The van der Waals surface area contributed by atoms with Gasteiger partial charge in [-0.25, -0.2) is 0 Å². The second-order valence-corrected chi connectivity index (χ2v) is 9.07. The average Bonchev–Trinajstić information content (AvgIpc) is 3.39. The van der Waals surface area contributed by atoms with E-state index in [1.54, 1.807) is 17.0 Å². The predicted molar refractivity (Wildman–Crippen MR) is 135 cm³/mol. The zero-order valence-electron chi connectivity index (χ0n) is 20.5. The summed E-state index contributed by atoms with van der Waals surface area (Å²) in [4.78, 5) is 30.3. The monoisotopic (exact) mass is 476 g/mol. The number of benzene rings is 2. The Morgan fingerprint density at radius 1 is 1.11 bits per heavy atom. The number of aliphatic hydroxyl groups is 1. The molecule has 1 aromatic heterocycles. The molecule has 35 heavy (non-hydrogen) atoms. The Bertz CT molecular complexity index is 1190. The van der Waals surface area contributed by atoms with E-state index >= 15 is 0 Å². The van der Waals surface area contributed by atoms with Crippen molar-refractivity contribution in [2.75, 3.05) is 33.8 Å². The molecule has 7 nitrogen and oxygen atoms in total. The Kier molecular flexibility index (Phi) is 7.56. The van der Waals surface area contributed by atoms with Crippen LogP contribution in [-0.2, 0) is 4.79 Å². The molecule has 2 aromatic carbocycles. The number of carbonyl (C=O) groups is 2. The van der Waals surface area contributed by atoms with Crippen LogP contribution >= 0.6 is 0 Å². The van der Waals surface area contributed by atoms with Gasteiger partial charge in [-0.05, 0) is 63.3 Å². The Balaban J connectivity index is 1.68. The maximum Gasteiger partial charge on any atom is 0.290 e. The van der Waals surface area contributed by atoms with Gasteiger partial charge in [0.15, 0.2) is 11.5 Å². The molecule has 0 saturated heterocycles. The van der Waals surface area contributed by atoms with Gasteiger partial charge in [0.2, 0.25) is 5.78 Å². The number of fused-ring (bicyclic) bond motifs is 1.